The van der Waals surface area contributed by atoms with Crippen LogP contribution in [0.2, 0.25) is 0 Å². The Bertz CT molecular complexity index is 233. The number of nitrogens with zero attached hydrogens (tertiary/aromatic N) is 1. The molecule has 0 bridgehead atoms. The van der Waals surface area contributed by atoms with Gasteiger partial charge in [-0.15, -0.1) is 0 Å². The fraction of sp³-hybridized carbons (Fsp3) is 0.778. The Balaban J connectivity index is 2.87. The second-order valence-electron chi connectivity index (χ2n) is 3.62. The Morgan fingerprint density at radius 1 is 1.58 bits per heavy atom. The van der Waals surface area contributed by atoms with Gasteiger partial charge in [0, 0.05) is 5.92 Å². The Morgan fingerprint density at radius 2 is 2.17 bits per heavy atom. The number of rotatable bonds is 2. The molecule has 0 aromatic rings. The normalized spacial score (nSPS) is 29.1. The van der Waals surface area contributed by atoms with Gasteiger partial charge in [-0.25, -0.2) is 9.79 Å². The first kappa shape index (κ1) is 9.23. The van der Waals surface area contributed by atoms with Gasteiger partial charge in [0.05, 0.1) is 0 Å². The molecule has 0 fully saturated rings. The van der Waals surface area contributed by atoms with Crippen LogP contribution in [0.5, 0.6) is 0 Å². The molecule has 0 saturated carbocycles. The van der Waals surface area contributed by atoms with Crippen LogP contribution in [-0.4, -0.2) is 17.4 Å². The lowest BCUT2D eigenvalue weighted by Crippen LogP contribution is -2.28. The Labute approximate surface area is 72.8 Å². The maximum Gasteiger partial charge on any atom is 0.340 e. The third-order valence-corrected chi connectivity index (χ3v) is 2.18. The summed E-state index contributed by atoms with van der Waals surface area (Å²) in [7, 11) is 0. The fourth-order valence-electron chi connectivity index (χ4n) is 0.987. The van der Waals surface area contributed by atoms with Gasteiger partial charge in [0.2, 0.25) is 0 Å². The standard InChI is InChI=1S/C9H15NO2/c1-5-9(4)8(11)12-7(10-9)6(2)3/h6H,5H2,1-4H3. The molecule has 0 spiro atoms. The second-order valence-corrected chi connectivity index (χ2v) is 3.62. The molecule has 0 N–H and O–H groups in total. The van der Waals surface area contributed by atoms with Gasteiger partial charge >= 0.3 is 5.97 Å². The highest BCUT2D eigenvalue weighted by Crippen LogP contribution is 2.25. The molecule has 3 nitrogen and oxygen atoms in total. The highest BCUT2D eigenvalue weighted by molar-refractivity contribution is 6.00. The van der Waals surface area contributed by atoms with E-state index in [1.54, 1.807) is 0 Å². The average molecular weight is 169 g/mol. The fourth-order valence-corrected chi connectivity index (χ4v) is 0.987. The summed E-state index contributed by atoms with van der Waals surface area (Å²) in [5.74, 6) is 0.556. The van der Waals surface area contributed by atoms with Gasteiger partial charge in [-0.2, -0.15) is 0 Å². The van der Waals surface area contributed by atoms with Crippen molar-refractivity contribution in [1.82, 2.24) is 0 Å². The topological polar surface area (TPSA) is 38.7 Å². The van der Waals surface area contributed by atoms with Crippen LogP contribution in [0.25, 0.3) is 0 Å². The second kappa shape index (κ2) is 2.88. The molecular formula is C9H15NO2. The van der Waals surface area contributed by atoms with E-state index in [0.717, 1.165) is 0 Å². The van der Waals surface area contributed by atoms with Crippen molar-refractivity contribution in [3.63, 3.8) is 0 Å². The summed E-state index contributed by atoms with van der Waals surface area (Å²) in [5, 5.41) is 0. The van der Waals surface area contributed by atoms with Crippen molar-refractivity contribution in [2.45, 2.75) is 39.7 Å². The monoisotopic (exact) mass is 169 g/mol. The Kier molecular flexibility index (Phi) is 2.22. The van der Waals surface area contributed by atoms with E-state index in [2.05, 4.69) is 4.99 Å². The highest BCUT2D eigenvalue weighted by Gasteiger charge is 2.40. The number of hydrogen-bond acceptors (Lipinski definition) is 3. The summed E-state index contributed by atoms with van der Waals surface area (Å²) in [6.07, 6.45) is 0.696. The lowest BCUT2D eigenvalue weighted by Gasteiger charge is -2.11. The lowest BCUT2D eigenvalue weighted by molar-refractivity contribution is -0.138. The van der Waals surface area contributed by atoms with E-state index in [0.29, 0.717) is 12.3 Å². The van der Waals surface area contributed by atoms with E-state index in [4.69, 9.17) is 4.74 Å². The average Bonchev–Trinajstić information content (AvgIpc) is 2.30. The summed E-state index contributed by atoms with van der Waals surface area (Å²) in [5.41, 5.74) is -0.625. The van der Waals surface area contributed by atoms with E-state index >= 15 is 0 Å². The van der Waals surface area contributed by atoms with Crippen LogP contribution in [0, 0.1) is 5.92 Å². The Hall–Kier alpha value is -0.860. The molecule has 12 heavy (non-hydrogen) atoms. The zero-order valence-electron chi connectivity index (χ0n) is 8.05. The first-order chi connectivity index (χ1) is 5.49. The zero-order valence-corrected chi connectivity index (χ0v) is 8.05. The van der Waals surface area contributed by atoms with Crippen LogP contribution in [0.15, 0.2) is 4.99 Å². The van der Waals surface area contributed by atoms with Crippen molar-refractivity contribution in [2.75, 3.05) is 0 Å². The number of ether oxygens (including phenoxy) is 1. The third kappa shape index (κ3) is 1.36. The van der Waals surface area contributed by atoms with Crippen molar-refractivity contribution in [1.29, 1.82) is 0 Å². The van der Waals surface area contributed by atoms with Crippen LogP contribution in [0.4, 0.5) is 0 Å². The van der Waals surface area contributed by atoms with Gasteiger partial charge in [-0.05, 0) is 13.3 Å². The molecule has 1 rings (SSSR count). The van der Waals surface area contributed by atoms with E-state index in [-0.39, 0.29) is 11.9 Å². The molecule has 3 heteroatoms. The first-order valence-corrected chi connectivity index (χ1v) is 4.31. The van der Waals surface area contributed by atoms with Crippen LogP contribution >= 0.6 is 0 Å². The van der Waals surface area contributed by atoms with Gasteiger partial charge in [0.15, 0.2) is 11.4 Å². The van der Waals surface area contributed by atoms with E-state index in [1.165, 1.54) is 0 Å². The van der Waals surface area contributed by atoms with E-state index < -0.39 is 5.54 Å². The van der Waals surface area contributed by atoms with Gasteiger partial charge in [0.1, 0.15) is 0 Å². The van der Waals surface area contributed by atoms with Crippen molar-refractivity contribution in [3.8, 4) is 0 Å². The molecule has 68 valence electrons. The quantitative estimate of drug-likeness (QED) is 0.591. The number of aliphatic imine (C=N–C) groups is 1. The zero-order chi connectivity index (χ0) is 9.35. The van der Waals surface area contributed by atoms with Gasteiger partial charge in [-0.1, -0.05) is 20.8 Å². The maximum atomic E-state index is 11.3. The van der Waals surface area contributed by atoms with E-state index in [9.17, 15) is 4.79 Å². The molecule has 1 aliphatic rings. The molecule has 1 unspecified atom stereocenters. The highest BCUT2D eigenvalue weighted by atomic mass is 16.6. The maximum absolute atomic E-state index is 11.3. The molecule has 0 aromatic carbocycles. The van der Waals surface area contributed by atoms with Gasteiger partial charge in [0.25, 0.3) is 0 Å². The molecule has 0 saturated heterocycles. The van der Waals surface area contributed by atoms with Crippen molar-refractivity contribution >= 4 is 11.9 Å². The molecule has 0 radical (unpaired) electrons. The van der Waals surface area contributed by atoms with Crippen LogP contribution < -0.4 is 0 Å². The summed E-state index contributed by atoms with van der Waals surface area (Å²) in [6, 6.07) is 0. The van der Waals surface area contributed by atoms with Crippen LogP contribution in [0.1, 0.15) is 34.1 Å². The number of hydrogen-bond donors (Lipinski definition) is 0. The molecule has 1 heterocycles. The minimum Gasteiger partial charge on any atom is -0.410 e. The summed E-state index contributed by atoms with van der Waals surface area (Å²) < 4.78 is 5.04. The van der Waals surface area contributed by atoms with Crippen LogP contribution in [0.3, 0.4) is 0 Å². The number of cyclic esters (lactones) is 1. The molecule has 0 amide bonds. The smallest absolute Gasteiger partial charge is 0.340 e. The van der Waals surface area contributed by atoms with Gasteiger partial charge in [-0.3, -0.25) is 0 Å². The summed E-state index contributed by atoms with van der Waals surface area (Å²) >= 11 is 0. The molecule has 1 atom stereocenters. The predicted molar refractivity (Wildman–Crippen MR) is 47.1 cm³/mol. The SMILES string of the molecule is CCC1(C)N=C(C(C)C)OC1=O. The molecule has 1 aliphatic heterocycles. The predicted octanol–water partition coefficient (Wildman–Crippen LogP) is 1.77. The largest absolute Gasteiger partial charge is 0.410 e. The van der Waals surface area contributed by atoms with E-state index in [1.807, 2.05) is 27.7 Å². The first-order valence-electron chi connectivity index (χ1n) is 4.31. The molecular weight excluding hydrogens is 154 g/mol. The summed E-state index contributed by atoms with van der Waals surface area (Å²) in [4.78, 5) is 15.6. The van der Waals surface area contributed by atoms with Crippen molar-refractivity contribution in [2.24, 2.45) is 10.9 Å². The van der Waals surface area contributed by atoms with Crippen molar-refractivity contribution < 1.29 is 9.53 Å². The number of carbonyl (C=O) groups excluding carboxylic acids is 1. The molecule has 0 aliphatic carbocycles. The Morgan fingerprint density at radius 3 is 2.42 bits per heavy atom. The number of carbonyl (C=O) groups is 1. The lowest BCUT2D eigenvalue weighted by atomic mass is 10.0. The summed E-state index contributed by atoms with van der Waals surface area (Å²) in [6.45, 7) is 7.68. The number of esters is 1. The van der Waals surface area contributed by atoms with Crippen molar-refractivity contribution in [3.05, 3.63) is 0 Å². The minimum absolute atomic E-state index is 0.197. The third-order valence-electron chi connectivity index (χ3n) is 2.18. The molecule has 0 aromatic heterocycles. The van der Waals surface area contributed by atoms with Crippen LogP contribution in [-0.2, 0) is 9.53 Å². The van der Waals surface area contributed by atoms with Gasteiger partial charge < -0.3 is 4.74 Å². The minimum atomic E-state index is -0.625.